The Balaban J connectivity index is 1.69. The molecule has 0 bridgehead atoms. The van der Waals surface area contributed by atoms with Crippen LogP contribution in [0.1, 0.15) is 57.9 Å². The fourth-order valence-corrected chi connectivity index (χ4v) is 5.10. The Hall–Kier alpha value is -2.61. The van der Waals surface area contributed by atoms with Gasteiger partial charge in [-0.25, -0.2) is 4.79 Å². The second-order valence-corrected chi connectivity index (χ2v) is 8.92. The molecule has 4 N–H and O–H groups in total. The number of fused-ring (bicyclic) bond motifs is 1. The molecular formula is C24H35N3O5. The highest BCUT2D eigenvalue weighted by molar-refractivity contribution is 5.88. The van der Waals surface area contributed by atoms with E-state index in [4.69, 9.17) is 10.5 Å². The number of carbonyl (C=O) groups is 3. The highest BCUT2D eigenvalue weighted by Crippen LogP contribution is 2.40. The number of nitrogens with zero attached hydrogens (tertiary/aromatic N) is 1. The third kappa shape index (κ3) is 5.59. The third-order valence-corrected chi connectivity index (χ3v) is 6.72. The van der Waals surface area contributed by atoms with Crippen molar-refractivity contribution < 1.29 is 24.2 Å². The fraction of sp³-hybridized carbons (Fsp3) is 0.625. The molecule has 176 valence electrons. The number of benzene rings is 1. The van der Waals surface area contributed by atoms with Crippen LogP contribution in [-0.4, -0.2) is 58.6 Å². The zero-order chi connectivity index (χ0) is 23.3. The molecule has 0 spiro atoms. The summed E-state index contributed by atoms with van der Waals surface area (Å²) >= 11 is 0. The molecule has 5 atom stereocenters. The second kappa shape index (κ2) is 10.8. The number of carboxylic acids is 1. The maximum Gasteiger partial charge on any atom is 0.326 e. The molecule has 2 aliphatic rings. The lowest BCUT2D eigenvalue weighted by molar-refractivity contribution is -0.152. The summed E-state index contributed by atoms with van der Waals surface area (Å²) < 4.78 is 5.22. The highest BCUT2D eigenvalue weighted by Gasteiger charge is 2.48. The van der Waals surface area contributed by atoms with Crippen molar-refractivity contribution in [2.45, 2.75) is 83.0 Å². The maximum absolute atomic E-state index is 13.4. The van der Waals surface area contributed by atoms with E-state index in [1.165, 1.54) is 0 Å². The van der Waals surface area contributed by atoms with E-state index in [1.54, 1.807) is 18.7 Å². The molecule has 0 radical (unpaired) electrons. The fourth-order valence-electron chi connectivity index (χ4n) is 5.10. The van der Waals surface area contributed by atoms with Crippen LogP contribution in [0.15, 0.2) is 24.3 Å². The Kier molecular flexibility index (Phi) is 8.12. The standard InChI is InChI=1S/C24H35N3O5/c1-3-32-24(31)19(13-10-16-8-11-18(25)12-9-16)26-15(2)22(28)27-20-7-5-4-6-17(20)14-21(27)23(29)30/h8-9,11-12,15,17,19-21,26H,3-7,10,13-14,25H2,1-2H3,(H,29,30)/t15-,17+,19-,20+,21-/m0/s1. The van der Waals surface area contributed by atoms with E-state index in [0.717, 1.165) is 31.2 Å². The zero-order valence-corrected chi connectivity index (χ0v) is 19.0. The number of likely N-dealkylation sites (tertiary alicyclic amines) is 1. The van der Waals surface area contributed by atoms with Crippen LogP contribution in [-0.2, 0) is 25.5 Å². The van der Waals surface area contributed by atoms with E-state index in [9.17, 15) is 19.5 Å². The summed E-state index contributed by atoms with van der Waals surface area (Å²) in [5.74, 6) is -1.37. The molecule has 3 rings (SSSR count). The number of amides is 1. The summed E-state index contributed by atoms with van der Waals surface area (Å²) in [5.41, 5.74) is 7.44. The summed E-state index contributed by atoms with van der Waals surface area (Å²) in [6.07, 6.45) is 5.47. The van der Waals surface area contributed by atoms with Gasteiger partial charge in [0.2, 0.25) is 5.91 Å². The van der Waals surface area contributed by atoms with Crippen molar-refractivity contribution in [2.75, 3.05) is 12.3 Å². The molecule has 32 heavy (non-hydrogen) atoms. The predicted octanol–water partition coefficient (Wildman–Crippen LogP) is 2.36. The molecule has 1 saturated heterocycles. The van der Waals surface area contributed by atoms with Crippen molar-refractivity contribution in [3.63, 3.8) is 0 Å². The van der Waals surface area contributed by atoms with Crippen molar-refractivity contribution in [1.82, 2.24) is 10.2 Å². The van der Waals surface area contributed by atoms with Gasteiger partial charge >= 0.3 is 11.9 Å². The lowest BCUT2D eigenvalue weighted by Crippen LogP contribution is -2.55. The first-order valence-corrected chi connectivity index (χ1v) is 11.6. The van der Waals surface area contributed by atoms with Crippen LogP contribution in [0, 0.1) is 5.92 Å². The van der Waals surface area contributed by atoms with Gasteiger partial charge in [-0.15, -0.1) is 0 Å². The number of ether oxygens (including phenoxy) is 1. The van der Waals surface area contributed by atoms with Crippen molar-refractivity contribution in [3.05, 3.63) is 29.8 Å². The lowest BCUT2D eigenvalue weighted by Gasteiger charge is -2.35. The van der Waals surface area contributed by atoms with Gasteiger partial charge in [0.1, 0.15) is 12.1 Å². The summed E-state index contributed by atoms with van der Waals surface area (Å²) in [4.78, 5) is 39.4. The van der Waals surface area contributed by atoms with Crippen LogP contribution in [0.3, 0.4) is 0 Å². The number of esters is 1. The minimum Gasteiger partial charge on any atom is -0.480 e. The van der Waals surface area contributed by atoms with E-state index in [2.05, 4.69) is 5.32 Å². The molecule has 2 fully saturated rings. The molecule has 1 aliphatic carbocycles. The van der Waals surface area contributed by atoms with E-state index >= 15 is 0 Å². The molecule has 1 amide bonds. The molecule has 0 unspecified atom stereocenters. The van der Waals surface area contributed by atoms with E-state index in [-0.39, 0.29) is 24.5 Å². The normalized spacial score (nSPS) is 24.4. The van der Waals surface area contributed by atoms with Crippen molar-refractivity contribution in [1.29, 1.82) is 0 Å². The van der Waals surface area contributed by atoms with E-state index < -0.39 is 30.1 Å². The maximum atomic E-state index is 13.4. The zero-order valence-electron chi connectivity index (χ0n) is 19.0. The van der Waals surface area contributed by atoms with Crippen LogP contribution in [0.4, 0.5) is 5.69 Å². The quantitative estimate of drug-likeness (QED) is 0.394. The molecular weight excluding hydrogens is 410 g/mol. The average molecular weight is 446 g/mol. The Morgan fingerprint density at radius 3 is 2.56 bits per heavy atom. The predicted molar refractivity (Wildman–Crippen MR) is 121 cm³/mol. The summed E-state index contributed by atoms with van der Waals surface area (Å²) in [7, 11) is 0. The second-order valence-electron chi connectivity index (χ2n) is 8.92. The van der Waals surface area contributed by atoms with Gasteiger partial charge in [-0.1, -0.05) is 25.0 Å². The van der Waals surface area contributed by atoms with Crippen LogP contribution < -0.4 is 11.1 Å². The van der Waals surface area contributed by atoms with Crippen LogP contribution in [0.5, 0.6) is 0 Å². The SMILES string of the molecule is CCOC(=O)[C@H](CCc1ccc(N)cc1)N[C@@H](C)C(=O)N1[C@@H]2CCCC[C@@H]2C[C@H]1C(=O)O. The number of aryl methyl sites for hydroxylation is 1. The number of anilines is 1. The Labute approximate surface area is 189 Å². The minimum atomic E-state index is -0.953. The van der Waals surface area contributed by atoms with Gasteiger partial charge in [0.15, 0.2) is 0 Å². The van der Waals surface area contributed by atoms with Gasteiger partial charge in [-0.05, 0) is 69.6 Å². The number of carbonyl (C=O) groups excluding carboxylic acids is 2. The summed E-state index contributed by atoms with van der Waals surface area (Å²) in [6.45, 7) is 3.69. The van der Waals surface area contributed by atoms with Gasteiger partial charge in [0.25, 0.3) is 0 Å². The minimum absolute atomic E-state index is 0.0302. The topological polar surface area (TPSA) is 122 Å². The first-order chi connectivity index (χ1) is 15.3. The van der Waals surface area contributed by atoms with Gasteiger partial charge in [-0.3, -0.25) is 14.9 Å². The van der Waals surface area contributed by atoms with Crippen LogP contribution in [0.25, 0.3) is 0 Å². The van der Waals surface area contributed by atoms with Crippen LogP contribution in [0.2, 0.25) is 0 Å². The first-order valence-electron chi connectivity index (χ1n) is 11.6. The van der Waals surface area contributed by atoms with Crippen molar-refractivity contribution in [2.24, 2.45) is 5.92 Å². The molecule has 1 saturated carbocycles. The molecule has 1 aromatic rings. The number of rotatable bonds is 9. The number of nitrogen functional groups attached to an aromatic ring is 1. The molecule has 1 heterocycles. The largest absolute Gasteiger partial charge is 0.480 e. The molecule has 0 aromatic heterocycles. The molecule has 8 nitrogen and oxygen atoms in total. The van der Waals surface area contributed by atoms with Gasteiger partial charge in [-0.2, -0.15) is 0 Å². The Morgan fingerprint density at radius 2 is 1.91 bits per heavy atom. The third-order valence-electron chi connectivity index (χ3n) is 6.72. The van der Waals surface area contributed by atoms with E-state index in [0.29, 0.717) is 24.9 Å². The Bertz CT molecular complexity index is 812. The summed E-state index contributed by atoms with van der Waals surface area (Å²) in [5, 5.41) is 12.9. The van der Waals surface area contributed by atoms with Crippen molar-refractivity contribution in [3.8, 4) is 0 Å². The Morgan fingerprint density at radius 1 is 1.22 bits per heavy atom. The average Bonchev–Trinajstić information content (AvgIpc) is 3.17. The molecule has 8 heteroatoms. The molecule has 1 aromatic carbocycles. The van der Waals surface area contributed by atoms with Crippen LogP contribution >= 0.6 is 0 Å². The smallest absolute Gasteiger partial charge is 0.326 e. The highest BCUT2D eigenvalue weighted by atomic mass is 16.5. The molecule has 1 aliphatic heterocycles. The van der Waals surface area contributed by atoms with Gasteiger partial charge in [0.05, 0.1) is 12.6 Å². The number of carboxylic acid groups (broad SMARTS) is 1. The van der Waals surface area contributed by atoms with Crippen molar-refractivity contribution >= 4 is 23.5 Å². The van der Waals surface area contributed by atoms with E-state index in [1.807, 2.05) is 24.3 Å². The number of nitrogens with two attached hydrogens (primary N) is 1. The monoisotopic (exact) mass is 445 g/mol. The lowest BCUT2D eigenvalue weighted by atomic mass is 9.84. The first kappa shape index (κ1) is 24.0. The number of hydrogen-bond acceptors (Lipinski definition) is 6. The number of hydrogen-bond donors (Lipinski definition) is 3. The summed E-state index contributed by atoms with van der Waals surface area (Å²) in [6, 6.07) is 5.27. The van der Waals surface area contributed by atoms with Gasteiger partial charge < -0.3 is 20.5 Å². The van der Waals surface area contributed by atoms with Gasteiger partial charge in [0, 0.05) is 11.7 Å². The number of nitrogens with one attached hydrogen (secondary N) is 1. The number of aliphatic carboxylic acids is 1.